The molecule has 0 aromatic heterocycles. The Morgan fingerprint density at radius 1 is 1.42 bits per heavy atom. The Balaban J connectivity index is 1.93. The zero-order valence-corrected chi connectivity index (χ0v) is 14.0. The average molecular weight is 346 g/mol. The number of benzene rings is 1. The first-order valence-corrected chi connectivity index (χ1v) is 7.98. The standard InChI is InChI=1S/C15H18N6O2S/c1-10(22)17-9-3-2-4-13-14(23)21(15(24)18-13)12-7-5-11(6-8-12)19-20-16/h5-8,13H,2-4,9H2,1H3,(H,17,22)(H,18,24). The summed E-state index contributed by atoms with van der Waals surface area (Å²) in [5.74, 6) is -0.155. The van der Waals surface area contributed by atoms with E-state index in [9.17, 15) is 9.59 Å². The van der Waals surface area contributed by atoms with Crippen molar-refractivity contribution in [2.75, 3.05) is 11.4 Å². The molecule has 0 saturated carbocycles. The van der Waals surface area contributed by atoms with Crippen molar-refractivity contribution in [2.24, 2.45) is 5.11 Å². The molecule has 1 fully saturated rings. The van der Waals surface area contributed by atoms with Gasteiger partial charge in [0.05, 0.1) is 5.69 Å². The fraction of sp³-hybridized carbons (Fsp3) is 0.400. The Hall–Kier alpha value is -2.64. The number of carbonyl (C=O) groups is 2. The van der Waals surface area contributed by atoms with E-state index < -0.39 is 0 Å². The highest BCUT2D eigenvalue weighted by atomic mass is 32.1. The predicted octanol–water partition coefficient (Wildman–Crippen LogP) is 2.52. The molecule has 24 heavy (non-hydrogen) atoms. The van der Waals surface area contributed by atoms with Crippen molar-refractivity contribution in [3.05, 3.63) is 34.7 Å². The maximum atomic E-state index is 12.5. The number of unbranched alkanes of at least 4 members (excludes halogenated alkanes) is 1. The second-order valence-electron chi connectivity index (χ2n) is 5.36. The number of anilines is 1. The van der Waals surface area contributed by atoms with Gasteiger partial charge in [-0.2, -0.15) is 0 Å². The van der Waals surface area contributed by atoms with Gasteiger partial charge in [0.25, 0.3) is 5.91 Å². The number of nitrogens with one attached hydrogen (secondary N) is 2. The third-order valence-electron chi connectivity index (χ3n) is 3.58. The lowest BCUT2D eigenvalue weighted by Crippen LogP contribution is -2.31. The van der Waals surface area contributed by atoms with Crippen molar-refractivity contribution >= 4 is 40.5 Å². The summed E-state index contributed by atoms with van der Waals surface area (Å²) in [7, 11) is 0. The number of amides is 2. The highest BCUT2D eigenvalue weighted by Crippen LogP contribution is 2.24. The molecule has 0 aliphatic carbocycles. The van der Waals surface area contributed by atoms with Crippen molar-refractivity contribution in [2.45, 2.75) is 32.2 Å². The molecule has 1 aromatic rings. The van der Waals surface area contributed by atoms with Gasteiger partial charge in [-0.3, -0.25) is 14.5 Å². The van der Waals surface area contributed by atoms with Gasteiger partial charge in [-0.25, -0.2) is 0 Å². The van der Waals surface area contributed by atoms with E-state index >= 15 is 0 Å². The van der Waals surface area contributed by atoms with E-state index in [1.54, 1.807) is 24.3 Å². The van der Waals surface area contributed by atoms with Crippen molar-refractivity contribution in [1.29, 1.82) is 0 Å². The molecule has 0 spiro atoms. The molecule has 8 nitrogen and oxygen atoms in total. The lowest BCUT2D eigenvalue weighted by Gasteiger charge is -2.15. The Labute approximate surface area is 144 Å². The first kappa shape index (κ1) is 17.7. The van der Waals surface area contributed by atoms with Crippen LogP contribution in [0.5, 0.6) is 0 Å². The van der Waals surface area contributed by atoms with Crippen LogP contribution in [0, 0.1) is 0 Å². The monoisotopic (exact) mass is 346 g/mol. The number of hydrogen-bond acceptors (Lipinski definition) is 4. The summed E-state index contributed by atoms with van der Waals surface area (Å²) < 4.78 is 0. The molecular formula is C15H18N6O2S. The van der Waals surface area contributed by atoms with Gasteiger partial charge in [0.1, 0.15) is 6.04 Å². The van der Waals surface area contributed by atoms with Gasteiger partial charge >= 0.3 is 0 Å². The van der Waals surface area contributed by atoms with E-state index in [-0.39, 0.29) is 17.9 Å². The molecule has 9 heteroatoms. The highest BCUT2D eigenvalue weighted by Gasteiger charge is 2.35. The van der Waals surface area contributed by atoms with E-state index in [1.807, 2.05) is 0 Å². The SMILES string of the molecule is CC(=O)NCCCCC1NC(=S)N(c2ccc(N=[N+]=[N-])cc2)C1=O. The van der Waals surface area contributed by atoms with Crippen molar-refractivity contribution in [3.8, 4) is 0 Å². The molecule has 1 unspecified atom stereocenters. The molecule has 1 heterocycles. The molecule has 1 saturated heterocycles. The van der Waals surface area contributed by atoms with E-state index in [1.165, 1.54) is 11.8 Å². The third-order valence-corrected chi connectivity index (χ3v) is 3.88. The summed E-state index contributed by atoms with van der Waals surface area (Å²) in [6.45, 7) is 2.08. The van der Waals surface area contributed by atoms with Gasteiger partial charge < -0.3 is 10.6 Å². The minimum atomic E-state index is -0.355. The molecule has 0 bridgehead atoms. The normalized spacial score (nSPS) is 16.5. The highest BCUT2D eigenvalue weighted by molar-refractivity contribution is 7.80. The second-order valence-corrected chi connectivity index (χ2v) is 5.75. The minimum absolute atomic E-state index is 0.0541. The molecule has 1 aromatic carbocycles. The number of hydrogen-bond donors (Lipinski definition) is 2. The largest absolute Gasteiger partial charge is 0.356 e. The summed E-state index contributed by atoms with van der Waals surface area (Å²) in [6.07, 6.45) is 2.25. The molecule has 0 radical (unpaired) electrons. The quantitative estimate of drug-likeness (QED) is 0.260. The maximum Gasteiger partial charge on any atom is 0.255 e. The van der Waals surface area contributed by atoms with Gasteiger partial charge in [0, 0.05) is 24.1 Å². The number of carbonyl (C=O) groups excluding carboxylic acids is 2. The molecular weight excluding hydrogens is 328 g/mol. The van der Waals surface area contributed by atoms with Crippen LogP contribution in [0.25, 0.3) is 10.4 Å². The summed E-state index contributed by atoms with van der Waals surface area (Å²) in [5.41, 5.74) is 9.52. The Morgan fingerprint density at radius 3 is 2.75 bits per heavy atom. The lowest BCUT2D eigenvalue weighted by molar-refractivity contribution is -0.119. The number of nitrogens with zero attached hydrogens (tertiary/aromatic N) is 4. The smallest absolute Gasteiger partial charge is 0.255 e. The van der Waals surface area contributed by atoms with Crippen LogP contribution in [0.1, 0.15) is 26.2 Å². The fourth-order valence-electron chi connectivity index (χ4n) is 2.43. The maximum absolute atomic E-state index is 12.5. The fourth-order valence-corrected chi connectivity index (χ4v) is 2.77. The van der Waals surface area contributed by atoms with Crippen LogP contribution >= 0.6 is 12.2 Å². The topological polar surface area (TPSA) is 110 Å². The predicted molar refractivity (Wildman–Crippen MR) is 94.8 cm³/mol. The summed E-state index contributed by atoms with van der Waals surface area (Å²) in [5, 5.41) is 9.62. The molecule has 126 valence electrons. The van der Waals surface area contributed by atoms with Crippen LogP contribution in [0.3, 0.4) is 0 Å². The van der Waals surface area contributed by atoms with Crippen LogP contribution in [0.2, 0.25) is 0 Å². The van der Waals surface area contributed by atoms with Crippen molar-refractivity contribution in [3.63, 3.8) is 0 Å². The first-order chi connectivity index (χ1) is 11.5. The average Bonchev–Trinajstić information content (AvgIpc) is 2.82. The number of azide groups is 1. The van der Waals surface area contributed by atoms with Crippen LogP contribution in [-0.4, -0.2) is 29.5 Å². The van der Waals surface area contributed by atoms with Gasteiger partial charge in [0.2, 0.25) is 5.91 Å². The summed E-state index contributed by atoms with van der Waals surface area (Å²) >= 11 is 5.25. The van der Waals surface area contributed by atoms with Crippen molar-refractivity contribution in [1.82, 2.24) is 10.6 Å². The van der Waals surface area contributed by atoms with Crippen molar-refractivity contribution < 1.29 is 9.59 Å². The first-order valence-electron chi connectivity index (χ1n) is 7.57. The van der Waals surface area contributed by atoms with Gasteiger partial charge in [-0.05, 0) is 49.1 Å². The molecule has 1 aliphatic rings. The van der Waals surface area contributed by atoms with Crippen LogP contribution in [-0.2, 0) is 9.59 Å². The van der Waals surface area contributed by atoms with Gasteiger partial charge in [-0.1, -0.05) is 17.2 Å². The van der Waals surface area contributed by atoms with E-state index in [0.717, 1.165) is 12.8 Å². The third kappa shape index (κ3) is 4.43. The molecule has 2 rings (SSSR count). The molecule has 1 atom stereocenters. The summed E-state index contributed by atoms with van der Waals surface area (Å²) in [4.78, 5) is 27.5. The Kier molecular flexibility index (Phi) is 6.11. The minimum Gasteiger partial charge on any atom is -0.356 e. The van der Waals surface area contributed by atoms with Gasteiger partial charge in [0.15, 0.2) is 5.11 Å². The van der Waals surface area contributed by atoms with E-state index in [0.29, 0.717) is 29.5 Å². The van der Waals surface area contributed by atoms with Crippen LogP contribution in [0.15, 0.2) is 29.4 Å². The van der Waals surface area contributed by atoms with Crippen LogP contribution in [0.4, 0.5) is 11.4 Å². The Morgan fingerprint density at radius 2 is 2.12 bits per heavy atom. The lowest BCUT2D eigenvalue weighted by atomic mass is 10.1. The molecule has 2 N–H and O–H groups in total. The zero-order chi connectivity index (χ0) is 17.5. The second kappa shape index (κ2) is 8.28. The molecule has 2 amide bonds. The summed E-state index contributed by atoms with van der Waals surface area (Å²) in [6, 6.07) is 6.29. The van der Waals surface area contributed by atoms with E-state index in [4.69, 9.17) is 17.7 Å². The van der Waals surface area contributed by atoms with Crippen LogP contribution < -0.4 is 15.5 Å². The Bertz CT molecular complexity index is 684. The number of thiocarbonyl (C=S) groups is 1. The number of rotatable bonds is 7. The zero-order valence-electron chi connectivity index (χ0n) is 13.2. The van der Waals surface area contributed by atoms with E-state index in [2.05, 4.69) is 20.7 Å². The van der Waals surface area contributed by atoms with Gasteiger partial charge in [-0.15, -0.1) is 0 Å². The molecule has 1 aliphatic heterocycles.